The molecule has 122 valence electrons. The number of nitrogens with zero attached hydrogens (tertiary/aromatic N) is 1. The number of esters is 1. The second-order valence-corrected chi connectivity index (χ2v) is 6.81. The Kier molecular flexibility index (Phi) is 6.06. The fourth-order valence-electron chi connectivity index (χ4n) is 4.20. The first-order valence-corrected chi connectivity index (χ1v) is 8.77. The van der Waals surface area contributed by atoms with E-state index < -0.39 is 5.54 Å². The first kappa shape index (κ1) is 16.8. The molecule has 1 aliphatic heterocycles. The van der Waals surface area contributed by atoms with Crippen molar-refractivity contribution in [3.8, 4) is 0 Å². The Bertz CT molecular complexity index is 342. The van der Waals surface area contributed by atoms with Gasteiger partial charge in [0, 0.05) is 12.6 Å². The van der Waals surface area contributed by atoms with Gasteiger partial charge in [0.2, 0.25) is 0 Å². The van der Waals surface area contributed by atoms with E-state index >= 15 is 0 Å². The van der Waals surface area contributed by atoms with E-state index in [-0.39, 0.29) is 5.97 Å². The Morgan fingerprint density at radius 1 is 1.24 bits per heavy atom. The van der Waals surface area contributed by atoms with Crippen molar-refractivity contribution in [3.63, 3.8) is 0 Å². The molecule has 1 N–H and O–H groups in total. The van der Waals surface area contributed by atoms with Gasteiger partial charge in [-0.2, -0.15) is 0 Å². The summed E-state index contributed by atoms with van der Waals surface area (Å²) in [4.78, 5) is 14.9. The van der Waals surface area contributed by atoms with Gasteiger partial charge in [-0.25, -0.2) is 0 Å². The van der Waals surface area contributed by atoms with Crippen LogP contribution in [0.4, 0.5) is 0 Å². The van der Waals surface area contributed by atoms with E-state index in [1.54, 1.807) is 0 Å². The van der Waals surface area contributed by atoms with Gasteiger partial charge < -0.3 is 10.1 Å². The normalized spacial score (nSPS) is 26.9. The Morgan fingerprint density at radius 2 is 1.95 bits per heavy atom. The lowest BCUT2D eigenvalue weighted by molar-refractivity contribution is -0.151. The highest BCUT2D eigenvalue weighted by Gasteiger charge is 2.41. The number of nitrogens with one attached hydrogen (secondary N) is 1. The summed E-state index contributed by atoms with van der Waals surface area (Å²) in [6.07, 6.45) is 8.09. The summed E-state index contributed by atoms with van der Waals surface area (Å²) in [6, 6.07) is 0.680. The molecule has 0 aromatic carbocycles. The lowest BCUT2D eigenvalue weighted by atomic mass is 9.94. The summed E-state index contributed by atoms with van der Waals surface area (Å²) in [7, 11) is 0. The minimum atomic E-state index is -0.577. The summed E-state index contributed by atoms with van der Waals surface area (Å²) in [6.45, 7) is 9.07. The van der Waals surface area contributed by atoms with Crippen LogP contribution in [-0.4, -0.2) is 48.7 Å². The third-order valence-electron chi connectivity index (χ3n) is 5.17. The van der Waals surface area contributed by atoms with Crippen LogP contribution in [0, 0.1) is 5.92 Å². The van der Waals surface area contributed by atoms with Gasteiger partial charge in [-0.15, -0.1) is 0 Å². The Morgan fingerprint density at radius 3 is 2.57 bits per heavy atom. The van der Waals surface area contributed by atoms with E-state index in [1.807, 2.05) is 13.8 Å². The third-order valence-corrected chi connectivity index (χ3v) is 5.17. The maximum absolute atomic E-state index is 12.4. The lowest BCUT2D eigenvalue weighted by Gasteiger charge is -2.37. The zero-order valence-corrected chi connectivity index (χ0v) is 14.0. The van der Waals surface area contributed by atoms with Gasteiger partial charge in [0.15, 0.2) is 0 Å². The van der Waals surface area contributed by atoms with Gasteiger partial charge in [0.1, 0.15) is 5.54 Å². The number of likely N-dealkylation sites (N-methyl/N-ethyl adjacent to an activating group) is 1. The van der Waals surface area contributed by atoms with Crippen molar-refractivity contribution < 1.29 is 9.53 Å². The zero-order chi connectivity index (χ0) is 15.3. The van der Waals surface area contributed by atoms with Crippen molar-refractivity contribution in [1.29, 1.82) is 0 Å². The molecule has 2 unspecified atom stereocenters. The molecule has 2 aliphatic rings. The van der Waals surface area contributed by atoms with E-state index in [0.29, 0.717) is 12.6 Å². The van der Waals surface area contributed by atoms with Gasteiger partial charge in [-0.3, -0.25) is 9.69 Å². The molecule has 0 spiro atoms. The number of carbonyl (C=O) groups is 1. The van der Waals surface area contributed by atoms with Crippen LogP contribution in [0.5, 0.6) is 0 Å². The highest BCUT2D eigenvalue weighted by atomic mass is 16.5. The molecule has 1 aliphatic carbocycles. The lowest BCUT2D eigenvalue weighted by Crippen LogP contribution is -2.58. The van der Waals surface area contributed by atoms with Crippen molar-refractivity contribution in [2.45, 2.75) is 70.9 Å². The maximum Gasteiger partial charge on any atom is 0.327 e. The monoisotopic (exact) mass is 296 g/mol. The molecule has 2 rings (SSSR count). The zero-order valence-electron chi connectivity index (χ0n) is 14.0. The Balaban J connectivity index is 2.02. The van der Waals surface area contributed by atoms with Crippen molar-refractivity contribution in [3.05, 3.63) is 0 Å². The quantitative estimate of drug-likeness (QED) is 0.733. The van der Waals surface area contributed by atoms with Crippen LogP contribution in [0.2, 0.25) is 0 Å². The maximum atomic E-state index is 12.4. The second-order valence-electron chi connectivity index (χ2n) is 6.81. The second kappa shape index (κ2) is 7.59. The molecule has 21 heavy (non-hydrogen) atoms. The van der Waals surface area contributed by atoms with Gasteiger partial charge in [0.25, 0.3) is 0 Å². The molecule has 0 aromatic rings. The average Bonchev–Trinajstić information content (AvgIpc) is 3.09. The number of hydrogen-bond donors (Lipinski definition) is 1. The van der Waals surface area contributed by atoms with Crippen molar-refractivity contribution in [2.75, 3.05) is 26.2 Å². The van der Waals surface area contributed by atoms with Crippen LogP contribution >= 0.6 is 0 Å². The SMILES string of the molecule is CCNC(C)(CN1CCCC1C1CCCC1)C(=O)OCC. The molecule has 1 saturated heterocycles. The molecule has 4 heteroatoms. The van der Waals surface area contributed by atoms with Crippen LogP contribution < -0.4 is 5.32 Å². The summed E-state index contributed by atoms with van der Waals surface area (Å²) in [5.41, 5.74) is -0.577. The molecule has 0 radical (unpaired) electrons. The van der Waals surface area contributed by atoms with E-state index in [9.17, 15) is 4.79 Å². The van der Waals surface area contributed by atoms with Gasteiger partial charge in [0.05, 0.1) is 6.61 Å². The van der Waals surface area contributed by atoms with Crippen molar-refractivity contribution in [2.24, 2.45) is 5.92 Å². The first-order valence-electron chi connectivity index (χ1n) is 8.77. The molecule has 0 amide bonds. The molecule has 2 atom stereocenters. The Labute approximate surface area is 129 Å². The first-order chi connectivity index (χ1) is 10.1. The van der Waals surface area contributed by atoms with E-state index in [4.69, 9.17) is 4.74 Å². The standard InChI is InChI=1S/C17H32N2O2/c1-4-18-17(3,16(20)21-5-2)13-19-12-8-11-15(19)14-9-6-7-10-14/h14-15,18H,4-13H2,1-3H3. The molecule has 1 heterocycles. The predicted octanol–water partition coefficient (Wildman–Crippen LogP) is 2.57. The van der Waals surface area contributed by atoms with E-state index in [1.165, 1.54) is 38.5 Å². The summed E-state index contributed by atoms with van der Waals surface area (Å²) in [5, 5.41) is 3.37. The van der Waals surface area contributed by atoms with Crippen LogP contribution in [0.3, 0.4) is 0 Å². The number of carbonyl (C=O) groups excluding carboxylic acids is 1. The summed E-state index contributed by atoms with van der Waals surface area (Å²) >= 11 is 0. The molecule has 0 bridgehead atoms. The highest BCUT2D eigenvalue weighted by Crippen LogP contribution is 2.36. The number of rotatable bonds is 7. The fourth-order valence-corrected chi connectivity index (χ4v) is 4.20. The topological polar surface area (TPSA) is 41.6 Å². The van der Waals surface area contributed by atoms with Crippen molar-refractivity contribution >= 4 is 5.97 Å². The van der Waals surface area contributed by atoms with Crippen LogP contribution in [0.15, 0.2) is 0 Å². The molecular weight excluding hydrogens is 264 g/mol. The molecule has 4 nitrogen and oxygen atoms in total. The van der Waals surface area contributed by atoms with Crippen LogP contribution in [-0.2, 0) is 9.53 Å². The largest absolute Gasteiger partial charge is 0.465 e. The fraction of sp³-hybridized carbons (Fsp3) is 0.941. The summed E-state index contributed by atoms with van der Waals surface area (Å²) in [5.74, 6) is 0.740. The predicted molar refractivity (Wildman–Crippen MR) is 85.3 cm³/mol. The smallest absolute Gasteiger partial charge is 0.327 e. The van der Waals surface area contributed by atoms with Gasteiger partial charge in [-0.1, -0.05) is 19.8 Å². The molecule has 1 saturated carbocycles. The molecular formula is C17H32N2O2. The minimum absolute atomic E-state index is 0.107. The Hall–Kier alpha value is -0.610. The number of ether oxygens (including phenoxy) is 1. The molecule has 0 aromatic heterocycles. The van der Waals surface area contributed by atoms with Crippen LogP contribution in [0.25, 0.3) is 0 Å². The van der Waals surface area contributed by atoms with E-state index in [0.717, 1.165) is 25.6 Å². The number of likely N-dealkylation sites (tertiary alicyclic amines) is 1. The van der Waals surface area contributed by atoms with Crippen molar-refractivity contribution in [1.82, 2.24) is 10.2 Å². The van der Waals surface area contributed by atoms with Gasteiger partial charge >= 0.3 is 5.97 Å². The highest BCUT2D eigenvalue weighted by molar-refractivity contribution is 5.80. The van der Waals surface area contributed by atoms with Crippen LogP contribution in [0.1, 0.15) is 59.3 Å². The summed E-state index contributed by atoms with van der Waals surface area (Å²) < 4.78 is 5.30. The molecule has 2 fully saturated rings. The third kappa shape index (κ3) is 3.98. The van der Waals surface area contributed by atoms with E-state index in [2.05, 4.69) is 17.1 Å². The minimum Gasteiger partial charge on any atom is -0.465 e. The number of hydrogen-bond acceptors (Lipinski definition) is 4. The average molecular weight is 296 g/mol. The van der Waals surface area contributed by atoms with Gasteiger partial charge in [-0.05, 0) is 58.5 Å².